The minimum absolute atomic E-state index is 0.0409. The van der Waals surface area contributed by atoms with Crippen molar-refractivity contribution in [3.63, 3.8) is 0 Å². The number of hydrogen-bond acceptors (Lipinski definition) is 23. The van der Waals surface area contributed by atoms with Gasteiger partial charge in [-0.3, -0.25) is 4.79 Å². The number of carbonyl (C=O) groups is 1. The van der Waals surface area contributed by atoms with Crippen LogP contribution in [-0.4, -0.2) is 232 Å². The number of esters is 1. The van der Waals surface area contributed by atoms with Crippen molar-refractivity contribution in [2.45, 2.75) is 193 Å². The van der Waals surface area contributed by atoms with Gasteiger partial charge in [0.2, 0.25) is 12.1 Å². The van der Waals surface area contributed by atoms with E-state index in [1.165, 1.54) is 0 Å². The fraction of sp³-hybridized carbons (Fsp3) is 0.932. The molecule has 384 valence electrons. The molecule has 25 atom stereocenters. The first-order valence-corrected chi connectivity index (χ1v) is 23.3. The van der Waals surface area contributed by atoms with Crippen LogP contribution in [0.1, 0.15) is 71.6 Å². The summed E-state index contributed by atoms with van der Waals surface area (Å²) in [5.74, 6) is -3.11. The van der Waals surface area contributed by atoms with Gasteiger partial charge in [0.05, 0.1) is 37.4 Å². The zero-order valence-electron chi connectivity index (χ0n) is 37.6. The summed E-state index contributed by atoms with van der Waals surface area (Å²) >= 11 is 0. The summed E-state index contributed by atoms with van der Waals surface area (Å²) in [6, 6.07) is 0. The Balaban J connectivity index is 0.970. The Bertz CT molecular complexity index is 1780. The fourth-order valence-corrected chi connectivity index (χ4v) is 13.5. The lowest BCUT2D eigenvalue weighted by Gasteiger charge is -2.64. The quantitative estimate of drug-likeness (QED) is 0.0466. The van der Waals surface area contributed by atoms with Gasteiger partial charge in [0.1, 0.15) is 98.2 Å². The topological polar surface area (TPSA) is 374 Å². The van der Waals surface area contributed by atoms with Crippen LogP contribution in [0.5, 0.6) is 0 Å². The van der Waals surface area contributed by atoms with Gasteiger partial charge in [0.15, 0.2) is 12.6 Å². The molecule has 8 rings (SSSR count). The average Bonchev–Trinajstić information content (AvgIpc) is 3.67. The minimum Gasteiger partial charge on any atom is -0.432 e. The van der Waals surface area contributed by atoms with Crippen molar-refractivity contribution < 1.29 is 114 Å². The number of aliphatic hydroxyl groups is 14. The first-order valence-electron chi connectivity index (χ1n) is 23.3. The third-order valence-corrected chi connectivity index (χ3v) is 17.2. The second kappa shape index (κ2) is 19.1. The van der Waals surface area contributed by atoms with Crippen molar-refractivity contribution in [2.24, 2.45) is 28.1 Å². The SMILES string of the molecule is C=C1C[C@@]23CC[C@H]4[C@@](C)(CCC[C@@]4(C)C(=O)O[C@@H]4O[C@H](CO[C@]5(CO)O[C@H](CO)[C@@H](O)[C@@H]5O)[C@@H](O)[C@H](O)[C@H]4O)[C@@H]2CC[C@]1(O[C@@H]1O[C@H](CO)[C@@H](O)[C@H](O)[C@H]1O[C@@H]1O[C@H](CO)[C@@H](O)[C@H](O)[C@H]1O)C3. The molecular formula is C44H70O23. The van der Waals surface area contributed by atoms with E-state index in [9.17, 15) is 76.3 Å². The van der Waals surface area contributed by atoms with Gasteiger partial charge in [-0.05, 0) is 86.5 Å². The van der Waals surface area contributed by atoms with Gasteiger partial charge in [-0.15, -0.1) is 0 Å². The van der Waals surface area contributed by atoms with Crippen molar-refractivity contribution in [3.05, 3.63) is 12.2 Å². The lowest BCUT2D eigenvalue weighted by Crippen LogP contribution is -2.65. The number of rotatable bonds is 13. The van der Waals surface area contributed by atoms with Crippen LogP contribution in [0.4, 0.5) is 0 Å². The van der Waals surface area contributed by atoms with Crippen molar-refractivity contribution in [1.29, 1.82) is 0 Å². The van der Waals surface area contributed by atoms with E-state index in [-0.39, 0.29) is 17.3 Å². The molecular weight excluding hydrogens is 896 g/mol. The summed E-state index contributed by atoms with van der Waals surface area (Å²) in [6.07, 6.45) is -24.6. The highest BCUT2D eigenvalue weighted by Crippen LogP contribution is 2.73. The van der Waals surface area contributed by atoms with Crippen molar-refractivity contribution in [2.75, 3.05) is 33.0 Å². The Labute approximate surface area is 386 Å². The summed E-state index contributed by atoms with van der Waals surface area (Å²) in [5.41, 5.74) is -2.21. The van der Waals surface area contributed by atoms with Crippen LogP contribution in [0.15, 0.2) is 12.2 Å². The molecule has 4 aliphatic carbocycles. The highest BCUT2D eigenvalue weighted by molar-refractivity contribution is 5.77. The molecule has 4 heterocycles. The van der Waals surface area contributed by atoms with E-state index in [4.69, 9.17) is 37.9 Å². The standard InChI is InChI=1S/C44H70O23/c1-18-11-42-9-5-23-40(2,7-4-8-41(23,3)39(59)65-37-33(57)30(54)27(51)22(63-37)15-60-44(17-48)35(58)28(52)21(14-47)66-44)24(42)6-10-43(18,16-42)67-38-34(31(55)26(50)20(13-46)62-38)64-36-32(56)29(53)25(49)19(12-45)61-36/h19-38,45-58H,1,4-17H2,2-3H3/t19-,20-,21-,22-,23+,24+,25-,26-,27-,28-,29+,30+,31+,32-,33-,34-,35+,36+,37+,38+,40-,41-,42-,43+,44-/m1/s1. The molecule has 0 aromatic rings. The molecule has 8 fully saturated rings. The fourth-order valence-electron chi connectivity index (χ4n) is 13.5. The average molecular weight is 967 g/mol. The van der Waals surface area contributed by atoms with Crippen LogP contribution in [0.25, 0.3) is 0 Å². The molecule has 2 bridgehead atoms. The highest BCUT2D eigenvalue weighted by atomic mass is 16.8. The van der Waals surface area contributed by atoms with E-state index in [0.717, 1.165) is 12.0 Å². The first kappa shape index (κ1) is 51.7. The van der Waals surface area contributed by atoms with Gasteiger partial charge < -0.3 is 109 Å². The first-order chi connectivity index (χ1) is 31.6. The Morgan fingerprint density at radius 3 is 1.87 bits per heavy atom. The third kappa shape index (κ3) is 8.43. The van der Waals surface area contributed by atoms with Crippen LogP contribution in [-0.2, 0) is 42.7 Å². The summed E-state index contributed by atoms with van der Waals surface area (Å²) in [7, 11) is 0. The van der Waals surface area contributed by atoms with Crippen LogP contribution in [0, 0.1) is 28.1 Å². The molecule has 4 saturated heterocycles. The van der Waals surface area contributed by atoms with Crippen molar-refractivity contribution >= 4 is 5.97 Å². The molecule has 0 amide bonds. The number of hydrogen-bond donors (Lipinski definition) is 14. The zero-order chi connectivity index (χ0) is 48.8. The van der Waals surface area contributed by atoms with Crippen LogP contribution in [0.2, 0.25) is 0 Å². The predicted molar refractivity (Wildman–Crippen MR) is 219 cm³/mol. The monoisotopic (exact) mass is 966 g/mol. The smallest absolute Gasteiger partial charge is 0.314 e. The number of carbonyl (C=O) groups excluding carboxylic acids is 1. The second-order valence-electron chi connectivity index (χ2n) is 20.9. The Morgan fingerprint density at radius 2 is 1.24 bits per heavy atom. The molecule has 23 heteroatoms. The molecule has 1 spiro atoms. The molecule has 0 unspecified atom stereocenters. The van der Waals surface area contributed by atoms with E-state index in [1.54, 1.807) is 0 Å². The van der Waals surface area contributed by atoms with Gasteiger partial charge in [-0.2, -0.15) is 0 Å². The Morgan fingerprint density at radius 1 is 0.657 bits per heavy atom. The van der Waals surface area contributed by atoms with E-state index in [2.05, 4.69) is 13.5 Å². The van der Waals surface area contributed by atoms with Gasteiger partial charge in [0.25, 0.3) is 0 Å². The molecule has 0 aromatic heterocycles. The lowest BCUT2D eigenvalue weighted by molar-refractivity contribution is -0.378. The van der Waals surface area contributed by atoms with Crippen molar-refractivity contribution in [1.82, 2.24) is 0 Å². The van der Waals surface area contributed by atoms with E-state index >= 15 is 0 Å². The van der Waals surface area contributed by atoms with E-state index in [1.807, 2.05) is 6.92 Å². The summed E-state index contributed by atoms with van der Waals surface area (Å²) < 4.78 is 47.1. The Kier molecular flexibility index (Phi) is 14.7. The zero-order valence-corrected chi connectivity index (χ0v) is 37.6. The molecule has 0 radical (unpaired) electrons. The lowest BCUT2D eigenvalue weighted by atomic mass is 9.41. The normalized spacial score (nSPS) is 54.4. The minimum atomic E-state index is -2.23. The molecule has 4 saturated carbocycles. The third-order valence-electron chi connectivity index (χ3n) is 17.2. The largest absolute Gasteiger partial charge is 0.432 e. The number of ether oxygens (including phenoxy) is 8. The van der Waals surface area contributed by atoms with Gasteiger partial charge >= 0.3 is 5.97 Å². The molecule has 0 aromatic carbocycles. The Hall–Kier alpha value is -1.63. The molecule has 8 aliphatic rings. The maximum Gasteiger partial charge on any atom is 0.314 e. The van der Waals surface area contributed by atoms with Gasteiger partial charge in [0, 0.05) is 0 Å². The number of fused-ring (bicyclic) bond motifs is 3. The van der Waals surface area contributed by atoms with Crippen molar-refractivity contribution in [3.8, 4) is 0 Å². The molecule has 4 aliphatic heterocycles. The highest BCUT2D eigenvalue weighted by Gasteiger charge is 2.69. The van der Waals surface area contributed by atoms with E-state index in [0.29, 0.717) is 51.4 Å². The molecule has 14 N–H and O–H groups in total. The summed E-state index contributed by atoms with van der Waals surface area (Å²) in [4.78, 5) is 14.5. The predicted octanol–water partition coefficient (Wildman–Crippen LogP) is -5.11. The molecule has 23 nitrogen and oxygen atoms in total. The van der Waals surface area contributed by atoms with Gasteiger partial charge in [-0.1, -0.05) is 19.9 Å². The van der Waals surface area contributed by atoms with E-state index < -0.39 is 172 Å². The second-order valence-corrected chi connectivity index (χ2v) is 20.9. The van der Waals surface area contributed by atoms with Crippen LogP contribution in [0.3, 0.4) is 0 Å². The number of aliphatic hydroxyl groups excluding tert-OH is 14. The summed E-state index contributed by atoms with van der Waals surface area (Å²) in [5, 5.41) is 147. The maximum absolute atomic E-state index is 14.5. The van der Waals surface area contributed by atoms with Crippen LogP contribution >= 0.6 is 0 Å². The summed E-state index contributed by atoms with van der Waals surface area (Å²) in [6.45, 7) is 4.67. The van der Waals surface area contributed by atoms with Gasteiger partial charge in [-0.25, -0.2) is 0 Å². The maximum atomic E-state index is 14.5. The van der Waals surface area contributed by atoms with Crippen LogP contribution < -0.4 is 0 Å². The molecule has 67 heavy (non-hydrogen) atoms.